The minimum absolute atomic E-state index is 0.0191. The van der Waals surface area contributed by atoms with E-state index >= 15 is 0 Å². The van der Waals surface area contributed by atoms with Crippen molar-refractivity contribution in [1.82, 2.24) is 0 Å². The lowest BCUT2D eigenvalue weighted by atomic mass is 9.76. The topological polar surface area (TPSA) is 76.0 Å². The summed E-state index contributed by atoms with van der Waals surface area (Å²) in [5, 5.41) is 18.9. The number of fused-ring (bicyclic) bond motifs is 1. The molecule has 0 aromatic rings. The molecule has 0 spiro atoms. The number of hydrogen-bond acceptors (Lipinski definition) is 5. The monoisotopic (exact) mass is 348 g/mol. The minimum Gasteiger partial charge on any atom is -0.461 e. The first-order valence-electron chi connectivity index (χ1n) is 8.66. The van der Waals surface area contributed by atoms with Crippen molar-refractivity contribution in [2.75, 3.05) is 6.61 Å². The van der Waals surface area contributed by atoms with Gasteiger partial charge in [0.05, 0.1) is 11.5 Å². The molecule has 1 aliphatic carbocycles. The first-order valence-corrected chi connectivity index (χ1v) is 8.66. The van der Waals surface area contributed by atoms with Gasteiger partial charge in [-0.2, -0.15) is 0 Å². The molecule has 2 aliphatic rings. The summed E-state index contributed by atoms with van der Waals surface area (Å²) in [6.07, 6.45) is 7.44. The van der Waals surface area contributed by atoms with Gasteiger partial charge >= 0.3 is 5.97 Å². The predicted molar refractivity (Wildman–Crippen MR) is 95.7 cm³/mol. The van der Waals surface area contributed by atoms with Crippen LogP contribution < -0.4 is 0 Å². The van der Waals surface area contributed by atoms with Crippen LogP contribution in [0.3, 0.4) is 0 Å². The van der Waals surface area contributed by atoms with Crippen LogP contribution in [-0.4, -0.2) is 34.6 Å². The van der Waals surface area contributed by atoms with E-state index in [2.05, 4.69) is 18.0 Å². The Morgan fingerprint density at radius 3 is 2.56 bits per heavy atom. The van der Waals surface area contributed by atoms with Crippen LogP contribution in [0.2, 0.25) is 0 Å². The van der Waals surface area contributed by atoms with Crippen LogP contribution in [-0.2, 0) is 14.4 Å². The molecule has 1 saturated carbocycles. The number of rotatable bonds is 3. The third-order valence-electron chi connectivity index (χ3n) is 4.85. The molecule has 5 nitrogen and oxygen atoms in total. The molecule has 0 aromatic heterocycles. The van der Waals surface area contributed by atoms with Gasteiger partial charge in [-0.3, -0.25) is 10.1 Å². The molecule has 5 heteroatoms. The van der Waals surface area contributed by atoms with E-state index < -0.39 is 11.7 Å². The molecular weight excluding hydrogens is 320 g/mol. The molecule has 138 valence electrons. The summed E-state index contributed by atoms with van der Waals surface area (Å²) in [4.78, 5) is 16.9. The largest absolute Gasteiger partial charge is 0.461 e. The molecule has 0 radical (unpaired) electrons. The molecule has 25 heavy (non-hydrogen) atoms. The number of esters is 1. The van der Waals surface area contributed by atoms with Gasteiger partial charge in [0.15, 0.2) is 0 Å². The molecular formula is C20H28O5. The second kappa shape index (κ2) is 8.13. The number of aliphatic hydroxyl groups is 1. The van der Waals surface area contributed by atoms with Crippen LogP contribution in [0.4, 0.5) is 0 Å². The maximum absolute atomic E-state index is 12.4. The van der Waals surface area contributed by atoms with Crippen molar-refractivity contribution in [2.24, 2.45) is 11.8 Å². The summed E-state index contributed by atoms with van der Waals surface area (Å²) in [7, 11) is 0. The van der Waals surface area contributed by atoms with Gasteiger partial charge in [-0.1, -0.05) is 37.0 Å². The Hall–Kier alpha value is -1.69. The molecule has 2 fully saturated rings. The predicted octanol–water partition coefficient (Wildman–Crippen LogP) is 3.57. The van der Waals surface area contributed by atoms with Gasteiger partial charge in [0.2, 0.25) is 0 Å². The summed E-state index contributed by atoms with van der Waals surface area (Å²) in [6.45, 7) is 11.7. The maximum atomic E-state index is 12.4. The van der Waals surface area contributed by atoms with Gasteiger partial charge in [-0.05, 0) is 50.7 Å². The molecule has 0 amide bonds. The first-order chi connectivity index (χ1) is 11.7. The first kappa shape index (κ1) is 19.6. The summed E-state index contributed by atoms with van der Waals surface area (Å²) in [5.74, 6) is -0.650. The zero-order chi connectivity index (χ0) is 18.6. The van der Waals surface area contributed by atoms with E-state index in [1.54, 1.807) is 26.0 Å². The van der Waals surface area contributed by atoms with Crippen LogP contribution >= 0.6 is 0 Å². The Morgan fingerprint density at radius 2 is 1.92 bits per heavy atom. The molecule has 0 bridgehead atoms. The lowest BCUT2D eigenvalue weighted by Crippen LogP contribution is -2.35. The number of ether oxygens (including phenoxy) is 1. The van der Waals surface area contributed by atoms with Gasteiger partial charge in [0.1, 0.15) is 12.7 Å². The van der Waals surface area contributed by atoms with Crippen molar-refractivity contribution >= 4 is 5.97 Å². The zero-order valence-electron chi connectivity index (χ0n) is 15.0. The Morgan fingerprint density at radius 1 is 1.24 bits per heavy atom. The van der Waals surface area contributed by atoms with Gasteiger partial charge in [-0.25, -0.2) is 4.89 Å². The highest BCUT2D eigenvalue weighted by Crippen LogP contribution is 2.40. The average molecular weight is 348 g/mol. The van der Waals surface area contributed by atoms with E-state index in [0.717, 1.165) is 16.7 Å². The van der Waals surface area contributed by atoms with E-state index in [1.165, 1.54) is 0 Å². The van der Waals surface area contributed by atoms with Crippen LogP contribution in [0.1, 0.15) is 39.5 Å². The quantitative estimate of drug-likeness (QED) is 0.353. The van der Waals surface area contributed by atoms with Gasteiger partial charge in [0, 0.05) is 5.92 Å². The molecule has 1 aliphatic heterocycles. The van der Waals surface area contributed by atoms with E-state index in [1.807, 2.05) is 6.08 Å². The van der Waals surface area contributed by atoms with Crippen LogP contribution in [0.25, 0.3) is 0 Å². The number of carbonyl (C=O) groups is 1. The normalized spacial score (nSPS) is 30.6. The third-order valence-corrected chi connectivity index (χ3v) is 4.85. The minimum atomic E-state index is -0.899. The Kier molecular flexibility index (Phi) is 6.38. The van der Waals surface area contributed by atoms with Crippen molar-refractivity contribution in [2.45, 2.75) is 51.2 Å². The second-order valence-electron chi connectivity index (χ2n) is 7.43. The highest BCUT2D eigenvalue weighted by Gasteiger charge is 2.39. The fraction of sp³-hybridized carbons (Fsp3) is 0.550. The summed E-state index contributed by atoms with van der Waals surface area (Å²) < 4.78 is 5.36. The highest BCUT2D eigenvalue weighted by molar-refractivity contribution is 5.78. The fourth-order valence-electron chi connectivity index (χ4n) is 3.42. The van der Waals surface area contributed by atoms with E-state index in [0.29, 0.717) is 25.7 Å². The van der Waals surface area contributed by atoms with Gasteiger partial charge < -0.3 is 9.84 Å². The second-order valence-corrected chi connectivity index (χ2v) is 7.43. The standard InChI is InChI=1S/C20H28O5/c1-13-7-9-16-15(6-5-11-20(3,4)22)12-24-19(21)18(16)14(2)8-10-17(13)25-23/h5-6,11,16-18,22-23H,1-2,7-10,12H2,3-4H3/b11-5+,15-6+/t16-,17?,18+/m1/s1. The van der Waals surface area contributed by atoms with Crippen LogP contribution in [0.15, 0.2) is 48.1 Å². The molecule has 3 atom stereocenters. The van der Waals surface area contributed by atoms with E-state index in [9.17, 15) is 9.90 Å². The number of allylic oxidation sites excluding steroid dienone is 2. The van der Waals surface area contributed by atoms with Gasteiger partial charge in [0.25, 0.3) is 0 Å². The summed E-state index contributed by atoms with van der Waals surface area (Å²) >= 11 is 0. The van der Waals surface area contributed by atoms with Crippen molar-refractivity contribution in [3.8, 4) is 0 Å². The molecule has 1 saturated heterocycles. The molecule has 2 N–H and O–H groups in total. The molecule has 2 rings (SSSR count). The summed E-state index contributed by atoms with van der Waals surface area (Å²) in [5.41, 5.74) is 1.72. The highest BCUT2D eigenvalue weighted by atomic mass is 17.1. The molecule has 1 unspecified atom stereocenters. The Labute approximate surface area is 149 Å². The maximum Gasteiger partial charge on any atom is 0.313 e. The SMILES string of the molecule is C=C1CC[C@@H]2/C(=C/C=C/C(C)(C)O)COC(=O)[C@H]2C(=C)CCC1OO. The van der Waals surface area contributed by atoms with E-state index in [4.69, 9.17) is 9.99 Å². The number of hydrogen-bond donors (Lipinski definition) is 2. The fourth-order valence-corrected chi connectivity index (χ4v) is 3.42. The van der Waals surface area contributed by atoms with Crippen molar-refractivity contribution in [3.05, 3.63) is 48.1 Å². The Bertz CT molecular complexity index is 594. The lowest BCUT2D eigenvalue weighted by molar-refractivity contribution is -0.269. The lowest BCUT2D eigenvalue weighted by Gasteiger charge is -2.33. The van der Waals surface area contributed by atoms with Crippen molar-refractivity contribution in [1.29, 1.82) is 0 Å². The number of cyclic esters (lactones) is 1. The molecule has 1 heterocycles. The number of carbonyl (C=O) groups excluding carboxylic acids is 1. The molecule has 0 aromatic carbocycles. The van der Waals surface area contributed by atoms with Gasteiger partial charge in [-0.15, -0.1) is 0 Å². The summed E-state index contributed by atoms with van der Waals surface area (Å²) in [6, 6.07) is 0. The van der Waals surface area contributed by atoms with Crippen molar-refractivity contribution < 1.29 is 24.8 Å². The van der Waals surface area contributed by atoms with Crippen molar-refractivity contribution in [3.63, 3.8) is 0 Å². The Balaban J connectivity index is 2.29. The zero-order valence-corrected chi connectivity index (χ0v) is 15.0. The van der Waals surface area contributed by atoms with E-state index in [-0.39, 0.29) is 24.4 Å². The van der Waals surface area contributed by atoms with Crippen LogP contribution in [0, 0.1) is 11.8 Å². The van der Waals surface area contributed by atoms with Crippen LogP contribution in [0.5, 0.6) is 0 Å². The smallest absolute Gasteiger partial charge is 0.313 e. The third kappa shape index (κ3) is 5.14. The average Bonchev–Trinajstić information content (AvgIpc) is 2.58.